The van der Waals surface area contributed by atoms with E-state index in [1.54, 1.807) is 0 Å². The van der Waals surface area contributed by atoms with Gasteiger partial charge in [0.1, 0.15) is 23.5 Å². The molecule has 0 saturated heterocycles. The van der Waals surface area contributed by atoms with E-state index in [1.807, 2.05) is 26.0 Å². The average molecular weight is 276 g/mol. The lowest BCUT2D eigenvalue weighted by Gasteiger charge is -2.13. The van der Waals surface area contributed by atoms with Gasteiger partial charge in [-0.3, -0.25) is 0 Å². The second-order valence-corrected chi connectivity index (χ2v) is 4.21. The fourth-order valence-corrected chi connectivity index (χ4v) is 1.68. The van der Waals surface area contributed by atoms with Crippen LogP contribution >= 0.6 is 0 Å². The molecule has 2 rings (SSSR count). The molecule has 7 heteroatoms. The summed E-state index contributed by atoms with van der Waals surface area (Å²) >= 11 is 0. The lowest BCUT2D eigenvalue weighted by atomic mass is 10.2. The van der Waals surface area contributed by atoms with Crippen molar-refractivity contribution in [1.82, 2.24) is 15.3 Å². The number of furan rings is 1. The topological polar surface area (TPSA) is 89.3 Å². The quantitative estimate of drug-likeness (QED) is 0.894. The Labute approximate surface area is 116 Å². The van der Waals surface area contributed by atoms with E-state index < -0.39 is 0 Å². The Hall–Kier alpha value is -2.57. The first-order valence-electron chi connectivity index (χ1n) is 6.08. The Kier molecular flexibility index (Phi) is 4.19. The van der Waals surface area contributed by atoms with E-state index >= 15 is 0 Å². The van der Waals surface area contributed by atoms with E-state index in [4.69, 9.17) is 9.15 Å². The van der Waals surface area contributed by atoms with Crippen LogP contribution in [0.1, 0.15) is 24.5 Å². The molecule has 2 heterocycles. The Morgan fingerprint density at radius 3 is 2.90 bits per heavy atom. The highest BCUT2D eigenvalue weighted by Crippen LogP contribution is 2.19. The monoisotopic (exact) mass is 276 g/mol. The molecular weight excluding hydrogens is 260 g/mol. The maximum atomic E-state index is 11.9. The van der Waals surface area contributed by atoms with Crippen molar-refractivity contribution < 1.29 is 13.9 Å². The molecule has 2 amide bonds. The minimum Gasteiger partial charge on any atom is -0.479 e. The number of hydrogen-bond acceptors (Lipinski definition) is 5. The largest absolute Gasteiger partial charge is 0.479 e. The number of hydrogen-bond donors (Lipinski definition) is 2. The molecule has 0 aromatic carbocycles. The van der Waals surface area contributed by atoms with Crippen molar-refractivity contribution in [3.63, 3.8) is 0 Å². The zero-order chi connectivity index (χ0) is 14.5. The number of carbonyl (C=O) groups is 1. The Morgan fingerprint density at radius 2 is 2.25 bits per heavy atom. The van der Waals surface area contributed by atoms with Crippen LogP contribution in [0.3, 0.4) is 0 Å². The zero-order valence-electron chi connectivity index (χ0n) is 11.5. The van der Waals surface area contributed by atoms with Gasteiger partial charge >= 0.3 is 6.03 Å². The van der Waals surface area contributed by atoms with Gasteiger partial charge in [-0.25, -0.2) is 9.78 Å². The zero-order valence-corrected chi connectivity index (χ0v) is 11.5. The molecule has 0 aliphatic rings. The third-order valence-electron chi connectivity index (χ3n) is 2.65. The molecule has 0 fully saturated rings. The van der Waals surface area contributed by atoms with Crippen LogP contribution in [0.2, 0.25) is 0 Å². The number of methoxy groups -OCH3 is 1. The van der Waals surface area contributed by atoms with Crippen LogP contribution in [0.15, 0.2) is 29.1 Å². The van der Waals surface area contributed by atoms with Gasteiger partial charge in [0.15, 0.2) is 0 Å². The van der Waals surface area contributed by atoms with Crippen molar-refractivity contribution in [3.8, 4) is 5.88 Å². The highest BCUT2D eigenvalue weighted by atomic mass is 16.5. The third-order valence-corrected chi connectivity index (χ3v) is 2.65. The molecule has 2 aromatic rings. The first-order valence-corrected chi connectivity index (χ1v) is 6.08. The van der Waals surface area contributed by atoms with Gasteiger partial charge < -0.3 is 19.8 Å². The number of urea groups is 1. The van der Waals surface area contributed by atoms with Crippen LogP contribution in [-0.2, 0) is 0 Å². The average Bonchev–Trinajstić information content (AvgIpc) is 2.86. The molecule has 0 radical (unpaired) electrons. The molecule has 0 saturated carbocycles. The first-order chi connectivity index (χ1) is 9.60. The third kappa shape index (κ3) is 3.25. The summed E-state index contributed by atoms with van der Waals surface area (Å²) in [5.74, 6) is 1.79. The van der Waals surface area contributed by atoms with E-state index in [2.05, 4.69) is 20.6 Å². The summed E-state index contributed by atoms with van der Waals surface area (Å²) in [5, 5.41) is 5.38. The van der Waals surface area contributed by atoms with Crippen LogP contribution in [0.4, 0.5) is 10.5 Å². The fraction of sp³-hybridized carbons (Fsp3) is 0.308. The number of ether oxygens (including phenoxy) is 1. The molecule has 0 spiro atoms. The standard InChI is InChI=1S/C13H16N4O3/c1-8-4-5-11(20-8)9(2)16-13(18)17-10-6-14-7-15-12(10)19-3/h4-7,9H,1-3H3,(H2,16,17,18). The van der Waals surface area contributed by atoms with E-state index in [-0.39, 0.29) is 12.1 Å². The lowest BCUT2D eigenvalue weighted by molar-refractivity contribution is 0.247. The molecule has 0 aliphatic heterocycles. The normalized spacial score (nSPS) is 11.8. The molecule has 0 bridgehead atoms. The molecule has 1 atom stereocenters. The molecule has 7 nitrogen and oxygen atoms in total. The van der Waals surface area contributed by atoms with Crippen LogP contribution in [0.25, 0.3) is 0 Å². The van der Waals surface area contributed by atoms with Crippen molar-refractivity contribution in [3.05, 3.63) is 36.2 Å². The van der Waals surface area contributed by atoms with Crippen molar-refractivity contribution in [2.45, 2.75) is 19.9 Å². The predicted molar refractivity (Wildman–Crippen MR) is 72.6 cm³/mol. The molecular formula is C13H16N4O3. The molecule has 20 heavy (non-hydrogen) atoms. The smallest absolute Gasteiger partial charge is 0.320 e. The van der Waals surface area contributed by atoms with Gasteiger partial charge in [-0.15, -0.1) is 0 Å². The summed E-state index contributed by atoms with van der Waals surface area (Å²) in [7, 11) is 1.47. The number of aromatic nitrogens is 2. The van der Waals surface area contributed by atoms with Gasteiger partial charge in [0.05, 0.1) is 19.3 Å². The van der Waals surface area contributed by atoms with E-state index in [1.165, 1.54) is 19.6 Å². The number of nitrogens with zero attached hydrogens (tertiary/aromatic N) is 2. The van der Waals surface area contributed by atoms with Crippen LogP contribution < -0.4 is 15.4 Å². The summed E-state index contributed by atoms with van der Waals surface area (Å²) in [6.07, 6.45) is 2.81. The van der Waals surface area contributed by atoms with Gasteiger partial charge in [0.2, 0.25) is 5.88 Å². The molecule has 1 unspecified atom stereocenters. The second kappa shape index (κ2) is 6.05. The van der Waals surface area contributed by atoms with Crippen LogP contribution in [0.5, 0.6) is 5.88 Å². The molecule has 2 N–H and O–H groups in total. The number of aryl methyl sites for hydroxylation is 1. The summed E-state index contributed by atoms with van der Waals surface area (Å²) in [4.78, 5) is 19.6. The van der Waals surface area contributed by atoms with Gasteiger partial charge in [0.25, 0.3) is 0 Å². The minimum absolute atomic E-state index is 0.251. The van der Waals surface area contributed by atoms with Gasteiger partial charge in [0, 0.05) is 0 Å². The number of carbonyl (C=O) groups excluding carboxylic acids is 1. The van der Waals surface area contributed by atoms with Crippen molar-refractivity contribution in [1.29, 1.82) is 0 Å². The second-order valence-electron chi connectivity index (χ2n) is 4.21. The van der Waals surface area contributed by atoms with E-state index in [9.17, 15) is 4.79 Å². The summed E-state index contributed by atoms with van der Waals surface area (Å²) < 4.78 is 10.5. The van der Waals surface area contributed by atoms with Crippen molar-refractivity contribution in [2.24, 2.45) is 0 Å². The van der Waals surface area contributed by atoms with Crippen LogP contribution in [0, 0.1) is 6.92 Å². The van der Waals surface area contributed by atoms with Gasteiger partial charge in [-0.1, -0.05) is 0 Å². The van der Waals surface area contributed by atoms with Gasteiger partial charge in [-0.2, -0.15) is 4.98 Å². The first kappa shape index (κ1) is 13.9. The van der Waals surface area contributed by atoms with E-state index in [0.29, 0.717) is 17.3 Å². The van der Waals surface area contributed by atoms with Crippen molar-refractivity contribution in [2.75, 3.05) is 12.4 Å². The highest BCUT2D eigenvalue weighted by molar-refractivity contribution is 5.90. The number of anilines is 1. The maximum Gasteiger partial charge on any atom is 0.320 e. The lowest BCUT2D eigenvalue weighted by Crippen LogP contribution is -2.31. The number of amides is 2. The van der Waals surface area contributed by atoms with Gasteiger partial charge in [-0.05, 0) is 26.0 Å². The minimum atomic E-state index is -0.389. The summed E-state index contributed by atoms with van der Waals surface area (Å²) in [6.45, 7) is 3.68. The highest BCUT2D eigenvalue weighted by Gasteiger charge is 2.14. The molecule has 2 aromatic heterocycles. The van der Waals surface area contributed by atoms with Crippen LogP contribution in [-0.4, -0.2) is 23.1 Å². The number of nitrogens with one attached hydrogen (secondary N) is 2. The molecule has 106 valence electrons. The Bertz CT molecular complexity index is 597. The van der Waals surface area contributed by atoms with E-state index in [0.717, 1.165) is 5.76 Å². The summed E-state index contributed by atoms with van der Waals surface area (Å²) in [5.41, 5.74) is 0.398. The predicted octanol–water partition coefficient (Wildman–Crippen LogP) is 2.27. The SMILES string of the molecule is COc1ncncc1NC(=O)NC(C)c1ccc(C)o1. The Morgan fingerprint density at radius 1 is 1.45 bits per heavy atom. The fourth-order valence-electron chi connectivity index (χ4n) is 1.68. The maximum absolute atomic E-state index is 11.9. The van der Waals surface area contributed by atoms with Crippen molar-refractivity contribution >= 4 is 11.7 Å². The number of rotatable bonds is 4. The summed E-state index contributed by atoms with van der Waals surface area (Å²) in [6, 6.07) is 3.03. The Balaban J connectivity index is 1.98. The molecule has 0 aliphatic carbocycles.